The van der Waals surface area contributed by atoms with Crippen molar-refractivity contribution in [3.8, 4) is 0 Å². The van der Waals surface area contributed by atoms with Gasteiger partial charge in [-0.15, -0.1) is 11.8 Å². The Hall–Kier alpha value is -4.57. The first-order valence-corrected chi connectivity index (χ1v) is 16.7. The van der Waals surface area contributed by atoms with E-state index in [4.69, 9.17) is 14.3 Å². The zero-order chi connectivity index (χ0) is 33.2. The number of hydrogen-bond donors (Lipinski definition) is 0. The summed E-state index contributed by atoms with van der Waals surface area (Å²) in [5.74, 6) is -1.44. The minimum atomic E-state index is -0.784. The highest BCUT2D eigenvalue weighted by Gasteiger charge is 2.48. The average Bonchev–Trinajstić information content (AvgIpc) is 3.54. The van der Waals surface area contributed by atoms with E-state index in [0.717, 1.165) is 16.7 Å². The lowest BCUT2D eigenvalue weighted by Gasteiger charge is -2.37. The molecule has 9 nitrogen and oxygen atoms in total. The molecule has 0 radical (unpaired) electrons. The summed E-state index contributed by atoms with van der Waals surface area (Å²) in [6, 6.07) is 30.2. The molecule has 2 saturated heterocycles. The molecule has 2 aliphatic rings. The number of likely N-dealkylation sites (tertiary alicyclic amines) is 2. The van der Waals surface area contributed by atoms with Crippen LogP contribution in [0.4, 0.5) is 4.79 Å². The second-order valence-corrected chi connectivity index (χ2v) is 12.9. The number of nitrogens with zero attached hydrogens (tertiary/aromatic N) is 3. The monoisotopic (exact) mass is 655 g/mol. The van der Waals surface area contributed by atoms with Crippen LogP contribution in [0.3, 0.4) is 0 Å². The van der Waals surface area contributed by atoms with Crippen LogP contribution in [0.2, 0.25) is 0 Å². The Labute approximate surface area is 280 Å². The number of rotatable bonds is 11. The van der Waals surface area contributed by atoms with Gasteiger partial charge >= 0.3 is 12.1 Å². The lowest BCUT2D eigenvalue weighted by Crippen LogP contribution is -2.53. The van der Waals surface area contributed by atoms with E-state index in [1.165, 1.54) is 18.1 Å². The van der Waals surface area contributed by atoms with Crippen LogP contribution in [0.1, 0.15) is 36.5 Å². The number of amides is 2. The molecule has 47 heavy (non-hydrogen) atoms. The van der Waals surface area contributed by atoms with Gasteiger partial charge in [-0.3, -0.25) is 14.5 Å². The Morgan fingerprint density at radius 2 is 1.49 bits per heavy atom. The molecule has 3 atom stereocenters. The van der Waals surface area contributed by atoms with Gasteiger partial charge in [0.2, 0.25) is 5.91 Å². The fourth-order valence-corrected chi connectivity index (χ4v) is 8.27. The van der Waals surface area contributed by atoms with Crippen LogP contribution < -0.4 is 0 Å². The summed E-state index contributed by atoms with van der Waals surface area (Å²) in [5, 5.41) is 3.91. The van der Waals surface area contributed by atoms with Crippen molar-refractivity contribution in [2.45, 2.75) is 35.8 Å². The first-order chi connectivity index (χ1) is 22.9. The molecule has 2 fully saturated rings. The van der Waals surface area contributed by atoms with E-state index in [9.17, 15) is 14.4 Å². The van der Waals surface area contributed by atoms with Gasteiger partial charge in [0.1, 0.15) is 25.7 Å². The van der Waals surface area contributed by atoms with Crippen LogP contribution in [0, 0.1) is 5.92 Å². The molecule has 10 heteroatoms. The fraction of sp³-hybridized carbons (Fsp3) is 0.351. The van der Waals surface area contributed by atoms with Gasteiger partial charge in [-0.05, 0) is 30.0 Å². The van der Waals surface area contributed by atoms with E-state index in [0.29, 0.717) is 31.6 Å². The van der Waals surface area contributed by atoms with Crippen molar-refractivity contribution in [3.05, 3.63) is 120 Å². The number of thioether (sulfide) groups is 1. The number of esters is 1. The summed E-state index contributed by atoms with van der Waals surface area (Å²) in [5.41, 5.74) is 3.82. The number of oxime groups is 1. The molecular weight excluding hydrogens is 614 g/mol. The second-order valence-electron chi connectivity index (χ2n) is 11.4. The van der Waals surface area contributed by atoms with Gasteiger partial charge in [0, 0.05) is 31.3 Å². The SMILES string of the molecule is C=CCOC(=O)N1C[C@@H](SC(c2ccccc2)(c2ccccc2)c2ccccc2)C[C@H]1C(=O)N1CC/C(=N\OC)C(C(=O)OCC)C1. The molecule has 0 saturated carbocycles. The van der Waals surface area contributed by atoms with E-state index in [1.807, 2.05) is 54.6 Å². The Bertz CT molecular complexity index is 1460. The summed E-state index contributed by atoms with van der Waals surface area (Å²) in [4.78, 5) is 48.9. The molecular formula is C37H41N3O6S. The fourth-order valence-electron chi connectivity index (χ4n) is 6.44. The molecule has 0 N–H and O–H groups in total. The van der Waals surface area contributed by atoms with Gasteiger partial charge in [0.25, 0.3) is 0 Å². The Morgan fingerprint density at radius 3 is 2.00 bits per heavy atom. The highest BCUT2D eigenvalue weighted by Crippen LogP contribution is 2.52. The van der Waals surface area contributed by atoms with Crippen LogP contribution in [0.25, 0.3) is 0 Å². The van der Waals surface area contributed by atoms with E-state index >= 15 is 0 Å². The van der Waals surface area contributed by atoms with Gasteiger partial charge in [0.15, 0.2) is 0 Å². The Kier molecular flexibility index (Phi) is 11.4. The third-order valence-corrected chi connectivity index (χ3v) is 10.3. The van der Waals surface area contributed by atoms with E-state index < -0.39 is 28.8 Å². The maximum atomic E-state index is 14.3. The van der Waals surface area contributed by atoms with Crippen LogP contribution in [-0.4, -0.2) is 84.7 Å². The average molecular weight is 656 g/mol. The number of carbonyl (C=O) groups excluding carboxylic acids is 3. The van der Waals surface area contributed by atoms with Crippen molar-refractivity contribution in [1.29, 1.82) is 0 Å². The molecule has 3 aromatic rings. The summed E-state index contributed by atoms with van der Waals surface area (Å²) >= 11 is 1.74. The first kappa shape index (κ1) is 33.8. The number of hydrogen-bond acceptors (Lipinski definition) is 8. The molecule has 2 aliphatic heterocycles. The van der Waals surface area contributed by atoms with Crippen molar-refractivity contribution < 1.29 is 28.7 Å². The molecule has 1 unspecified atom stereocenters. The smallest absolute Gasteiger partial charge is 0.410 e. The van der Waals surface area contributed by atoms with E-state index in [2.05, 4.69) is 48.1 Å². The van der Waals surface area contributed by atoms with Crippen molar-refractivity contribution in [2.75, 3.05) is 40.0 Å². The quantitative estimate of drug-likeness (QED) is 0.110. The molecule has 0 aromatic heterocycles. The summed E-state index contributed by atoms with van der Waals surface area (Å²) in [6.45, 7) is 6.37. The number of carbonyl (C=O) groups is 3. The predicted molar refractivity (Wildman–Crippen MR) is 183 cm³/mol. The molecule has 5 rings (SSSR count). The van der Waals surface area contributed by atoms with Crippen molar-refractivity contribution in [1.82, 2.24) is 9.80 Å². The normalized spacial score (nSPS) is 20.5. The van der Waals surface area contributed by atoms with Crippen molar-refractivity contribution in [2.24, 2.45) is 11.1 Å². The largest absolute Gasteiger partial charge is 0.465 e. The van der Waals surface area contributed by atoms with Crippen LogP contribution in [-0.2, 0) is 28.6 Å². The molecule has 2 amide bonds. The molecule has 0 aliphatic carbocycles. The molecule has 3 aromatic carbocycles. The highest BCUT2D eigenvalue weighted by atomic mass is 32.2. The van der Waals surface area contributed by atoms with Gasteiger partial charge in [0.05, 0.1) is 17.1 Å². The number of benzene rings is 3. The third-order valence-electron chi connectivity index (χ3n) is 8.53. The zero-order valence-electron chi connectivity index (χ0n) is 26.8. The second kappa shape index (κ2) is 15.8. The number of ether oxygens (including phenoxy) is 2. The predicted octanol–water partition coefficient (Wildman–Crippen LogP) is 5.89. The molecule has 2 heterocycles. The summed E-state index contributed by atoms with van der Waals surface area (Å²) in [7, 11) is 1.43. The van der Waals surface area contributed by atoms with E-state index in [1.54, 1.807) is 23.6 Å². The molecule has 0 bridgehead atoms. The maximum Gasteiger partial charge on any atom is 0.410 e. The van der Waals surface area contributed by atoms with Crippen LogP contribution in [0.15, 0.2) is 109 Å². The summed E-state index contributed by atoms with van der Waals surface area (Å²) < 4.78 is 10.2. The van der Waals surface area contributed by atoms with Gasteiger partial charge in [-0.2, -0.15) is 0 Å². The topological polar surface area (TPSA) is 97.7 Å². The van der Waals surface area contributed by atoms with Gasteiger partial charge in [-0.25, -0.2) is 4.79 Å². The standard InChI is InChI=1S/C37H41N3O6S/c1-4-23-46-36(43)40-25-30(24-33(40)34(41)39-22-21-32(38-44-3)31(26-39)35(42)45-5-2)47-37(27-15-9-6-10-16-27,28-17-11-7-12-18-28)29-19-13-8-14-20-29/h4,6-20,30-31,33H,1,5,21-26H2,2-3H3/b38-32+/t30-,31?,33-/m0/s1. The number of piperidine rings is 1. The maximum absolute atomic E-state index is 14.3. The Balaban J connectivity index is 1.50. The molecule has 246 valence electrons. The highest BCUT2D eigenvalue weighted by molar-refractivity contribution is 8.01. The first-order valence-electron chi connectivity index (χ1n) is 15.9. The lowest BCUT2D eigenvalue weighted by atomic mass is 9.84. The summed E-state index contributed by atoms with van der Waals surface area (Å²) in [6.07, 6.45) is 1.69. The minimum Gasteiger partial charge on any atom is -0.465 e. The lowest BCUT2D eigenvalue weighted by molar-refractivity contribution is -0.148. The van der Waals surface area contributed by atoms with Crippen LogP contribution in [0.5, 0.6) is 0 Å². The zero-order valence-corrected chi connectivity index (χ0v) is 27.6. The van der Waals surface area contributed by atoms with Crippen molar-refractivity contribution >= 4 is 35.4 Å². The minimum absolute atomic E-state index is 0.0293. The molecule has 0 spiro atoms. The van der Waals surface area contributed by atoms with E-state index in [-0.39, 0.29) is 30.9 Å². The Morgan fingerprint density at radius 1 is 0.915 bits per heavy atom. The third kappa shape index (κ3) is 7.38. The van der Waals surface area contributed by atoms with Crippen LogP contribution >= 0.6 is 11.8 Å². The van der Waals surface area contributed by atoms with Crippen molar-refractivity contribution in [3.63, 3.8) is 0 Å². The van der Waals surface area contributed by atoms with Gasteiger partial charge in [-0.1, -0.05) is 109 Å². The van der Waals surface area contributed by atoms with Gasteiger partial charge < -0.3 is 19.2 Å².